The van der Waals surface area contributed by atoms with Crippen molar-refractivity contribution in [2.24, 2.45) is 5.92 Å². The van der Waals surface area contributed by atoms with Crippen LogP contribution in [0.15, 0.2) is 24.3 Å². The van der Waals surface area contributed by atoms with Gasteiger partial charge in [-0.05, 0) is 55.1 Å². The normalized spacial score (nSPS) is 31.6. The summed E-state index contributed by atoms with van der Waals surface area (Å²) < 4.78 is 19.2. The summed E-state index contributed by atoms with van der Waals surface area (Å²) in [7, 11) is 0. The monoisotopic (exact) mass is 296 g/mol. The van der Waals surface area contributed by atoms with Crippen LogP contribution in [0.5, 0.6) is 0 Å². The molecule has 0 saturated carbocycles. The Kier molecular flexibility index (Phi) is 4.34. The van der Waals surface area contributed by atoms with Crippen LogP contribution in [0.2, 0.25) is 0 Å². The van der Waals surface area contributed by atoms with Gasteiger partial charge < -0.3 is 9.84 Å². The summed E-state index contributed by atoms with van der Waals surface area (Å²) >= 11 is 1.94. The molecule has 2 aliphatic rings. The van der Waals surface area contributed by atoms with Crippen LogP contribution < -0.4 is 0 Å². The minimum absolute atomic E-state index is 0.00347. The van der Waals surface area contributed by atoms with Gasteiger partial charge in [0.05, 0.1) is 11.7 Å². The quantitative estimate of drug-likeness (QED) is 0.929. The molecule has 1 N–H and O–H groups in total. The van der Waals surface area contributed by atoms with Gasteiger partial charge >= 0.3 is 0 Å². The summed E-state index contributed by atoms with van der Waals surface area (Å²) in [5.74, 6) is 2.25. The molecule has 0 aromatic heterocycles. The molecule has 1 aromatic rings. The molecule has 4 heteroatoms. The molecular formula is C16H21FO2S. The van der Waals surface area contributed by atoms with E-state index in [1.807, 2.05) is 17.8 Å². The molecule has 3 rings (SSSR count). The fraction of sp³-hybridized carbons (Fsp3) is 0.625. The molecule has 3 atom stereocenters. The summed E-state index contributed by atoms with van der Waals surface area (Å²) in [6.45, 7) is 0.742. The van der Waals surface area contributed by atoms with Crippen LogP contribution in [-0.4, -0.2) is 34.9 Å². The smallest absolute Gasteiger partial charge is 0.123 e. The molecule has 0 aliphatic carbocycles. The maximum atomic E-state index is 13.2. The number of halogens is 1. The maximum Gasteiger partial charge on any atom is 0.123 e. The first-order valence-electron chi connectivity index (χ1n) is 7.31. The molecule has 1 spiro atoms. The fourth-order valence-electron chi connectivity index (χ4n) is 3.33. The Morgan fingerprint density at radius 1 is 1.50 bits per heavy atom. The van der Waals surface area contributed by atoms with Gasteiger partial charge in [0.15, 0.2) is 0 Å². The Hall–Kier alpha value is -0.580. The van der Waals surface area contributed by atoms with Crippen molar-refractivity contribution >= 4 is 11.8 Å². The number of aliphatic hydroxyl groups is 1. The SMILES string of the molecule is OC(Cc1cccc(F)c1)C1CCOC2(CCSC2)C1. The topological polar surface area (TPSA) is 29.5 Å². The molecular weight excluding hydrogens is 275 g/mol. The molecule has 0 bridgehead atoms. The van der Waals surface area contributed by atoms with E-state index in [-0.39, 0.29) is 17.3 Å². The standard InChI is InChI=1S/C16H21FO2S/c17-14-3-1-2-12(8-14)9-15(18)13-4-6-19-16(10-13)5-7-20-11-16/h1-3,8,13,15,18H,4-7,9-11H2. The Bertz CT molecular complexity index is 460. The highest BCUT2D eigenvalue weighted by Crippen LogP contribution is 2.41. The van der Waals surface area contributed by atoms with Crippen molar-refractivity contribution in [2.45, 2.75) is 37.4 Å². The van der Waals surface area contributed by atoms with Gasteiger partial charge in [-0.3, -0.25) is 0 Å². The molecule has 0 amide bonds. The summed E-state index contributed by atoms with van der Waals surface area (Å²) in [5, 5.41) is 10.5. The van der Waals surface area contributed by atoms with E-state index in [0.717, 1.165) is 42.9 Å². The van der Waals surface area contributed by atoms with Gasteiger partial charge in [-0.15, -0.1) is 0 Å². The second-order valence-corrected chi connectivity index (χ2v) is 7.09. The zero-order chi connectivity index (χ0) is 14.0. The van der Waals surface area contributed by atoms with Crippen molar-refractivity contribution in [3.05, 3.63) is 35.6 Å². The Morgan fingerprint density at radius 3 is 3.15 bits per heavy atom. The van der Waals surface area contributed by atoms with Crippen molar-refractivity contribution in [2.75, 3.05) is 18.1 Å². The first-order valence-corrected chi connectivity index (χ1v) is 8.47. The average Bonchev–Trinajstić information content (AvgIpc) is 2.87. The molecule has 2 fully saturated rings. The highest BCUT2D eigenvalue weighted by atomic mass is 32.2. The number of aliphatic hydroxyl groups excluding tert-OH is 1. The van der Waals surface area contributed by atoms with Crippen molar-refractivity contribution in [3.8, 4) is 0 Å². The third-order valence-electron chi connectivity index (χ3n) is 4.48. The van der Waals surface area contributed by atoms with Crippen molar-refractivity contribution in [1.82, 2.24) is 0 Å². The van der Waals surface area contributed by atoms with E-state index in [2.05, 4.69) is 0 Å². The number of benzene rings is 1. The highest BCUT2D eigenvalue weighted by Gasteiger charge is 2.42. The molecule has 2 nitrogen and oxygen atoms in total. The zero-order valence-electron chi connectivity index (χ0n) is 11.6. The third kappa shape index (κ3) is 3.18. The highest BCUT2D eigenvalue weighted by molar-refractivity contribution is 7.99. The molecule has 20 heavy (non-hydrogen) atoms. The van der Waals surface area contributed by atoms with Crippen LogP contribution in [-0.2, 0) is 11.2 Å². The predicted octanol–water partition coefficient (Wildman–Crippen LogP) is 3.03. The van der Waals surface area contributed by atoms with Crippen LogP contribution >= 0.6 is 11.8 Å². The largest absolute Gasteiger partial charge is 0.392 e. The van der Waals surface area contributed by atoms with Crippen LogP contribution in [0.25, 0.3) is 0 Å². The summed E-state index contributed by atoms with van der Waals surface area (Å²) in [6, 6.07) is 6.54. The first kappa shape index (κ1) is 14.4. The molecule has 1 aromatic carbocycles. The van der Waals surface area contributed by atoms with Crippen molar-refractivity contribution in [3.63, 3.8) is 0 Å². The van der Waals surface area contributed by atoms with Gasteiger partial charge in [-0.25, -0.2) is 4.39 Å². The average molecular weight is 296 g/mol. The summed E-state index contributed by atoms with van der Waals surface area (Å²) in [4.78, 5) is 0. The number of thioether (sulfide) groups is 1. The van der Waals surface area contributed by atoms with Crippen LogP contribution in [0.3, 0.4) is 0 Å². The van der Waals surface area contributed by atoms with E-state index in [9.17, 15) is 9.50 Å². The second kappa shape index (κ2) is 6.04. The number of hydrogen-bond acceptors (Lipinski definition) is 3. The lowest BCUT2D eigenvalue weighted by Gasteiger charge is -2.39. The van der Waals surface area contributed by atoms with Gasteiger partial charge in [-0.1, -0.05) is 12.1 Å². The number of hydrogen-bond donors (Lipinski definition) is 1. The van der Waals surface area contributed by atoms with Crippen molar-refractivity contribution in [1.29, 1.82) is 0 Å². The lowest BCUT2D eigenvalue weighted by atomic mass is 9.81. The Balaban J connectivity index is 1.63. The van der Waals surface area contributed by atoms with Crippen LogP contribution in [0.4, 0.5) is 4.39 Å². The van der Waals surface area contributed by atoms with Gasteiger partial charge in [-0.2, -0.15) is 11.8 Å². The van der Waals surface area contributed by atoms with E-state index in [0.29, 0.717) is 6.42 Å². The van der Waals surface area contributed by atoms with E-state index < -0.39 is 6.10 Å². The minimum atomic E-state index is -0.400. The molecule has 110 valence electrons. The molecule has 2 aliphatic heterocycles. The van der Waals surface area contributed by atoms with Gasteiger partial charge in [0.2, 0.25) is 0 Å². The van der Waals surface area contributed by atoms with Gasteiger partial charge in [0.1, 0.15) is 5.82 Å². The van der Waals surface area contributed by atoms with Gasteiger partial charge in [0.25, 0.3) is 0 Å². The van der Waals surface area contributed by atoms with E-state index in [1.165, 1.54) is 12.1 Å². The Morgan fingerprint density at radius 2 is 2.40 bits per heavy atom. The summed E-state index contributed by atoms with van der Waals surface area (Å²) in [5.41, 5.74) is 0.870. The molecule has 0 radical (unpaired) electrons. The minimum Gasteiger partial charge on any atom is -0.392 e. The zero-order valence-corrected chi connectivity index (χ0v) is 12.4. The first-order chi connectivity index (χ1) is 9.67. The lowest BCUT2D eigenvalue weighted by Crippen LogP contribution is -2.43. The summed E-state index contributed by atoms with van der Waals surface area (Å²) in [6.07, 6.45) is 3.08. The van der Waals surface area contributed by atoms with E-state index >= 15 is 0 Å². The molecule has 3 unspecified atom stereocenters. The van der Waals surface area contributed by atoms with E-state index in [4.69, 9.17) is 4.74 Å². The molecule has 2 heterocycles. The van der Waals surface area contributed by atoms with Crippen LogP contribution in [0.1, 0.15) is 24.8 Å². The third-order valence-corrected chi connectivity index (χ3v) is 5.70. The predicted molar refractivity (Wildman–Crippen MR) is 79.5 cm³/mol. The molecule has 2 saturated heterocycles. The maximum absolute atomic E-state index is 13.2. The Labute approximate surface area is 123 Å². The van der Waals surface area contributed by atoms with Gasteiger partial charge in [0, 0.05) is 12.4 Å². The number of rotatable bonds is 3. The lowest BCUT2D eigenvalue weighted by molar-refractivity contribution is -0.101. The van der Waals surface area contributed by atoms with Crippen LogP contribution in [0, 0.1) is 11.7 Å². The van der Waals surface area contributed by atoms with E-state index in [1.54, 1.807) is 6.07 Å². The number of ether oxygens (including phenoxy) is 1. The fourth-order valence-corrected chi connectivity index (χ4v) is 4.71. The van der Waals surface area contributed by atoms with Crippen molar-refractivity contribution < 1.29 is 14.2 Å². The second-order valence-electron chi connectivity index (χ2n) is 5.99.